The Bertz CT molecular complexity index is 1450. The average Bonchev–Trinajstić information content (AvgIpc) is 3.50. The number of hydrogen-bond donors (Lipinski definition) is 2. The first-order valence-electron chi connectivity index (χ1n) is 10.8. The number of nitrogens with one attached hydrogen (secondary N) is 2. The van der Waals surface area contributed by atoms with Gasteiger partial charge in [0.1, 0.15) is 6.33 Å². The Balaban J connectivity index is 1.43. The molecule has 0 unspecified atom stereocenters. The van der Waals surface area contributed by atoms with Crippen LogP contribution in [0.25, 0.3) is 10.9 Å². The molecule has 4 aromatic rings. The lowest BCUT2D eigenvalue weighted by molar-refractivity contribution is -0.0116. The Hall–Kier alpha value is -3.99. The molecular formula is C24H19F4N5O2. The van der Waals surface area contributed by atoms with Gasteiger partial charge in [-0.2, -0.15) is 0 Å². The van der Waals surface area contributed by atoms with Crippen LogP contribution in [0.4, 0.5) is 28.0 Å². The van der Waals surface area contributed by atoms with Crippen molar-refractivity contribution in [2.45, 2.75) is 32.4 Å². The molecule has 180 valence electrons. The second kappa shape index (κ2) is 8.66. The largest absolute Gasteiger partial charge is 0.435 e. The highest BCUT2D eigenvalue weighted by Crippen LogP contribution is 2.36. The second-order valence-electron chi connectivity index (χ2n) is 7.96. The number of rotatable bonds is 5. The minimum Gasteiger partial charge on any atom is -0.435 e. The van der Waals surface area contributed by atoms with E-state index in [-0.39, 0.29) is 22.5 Å². The Labute approximate surface area is 196 Å². The molecule has 2 aromatic heterocycles. The molecule has 2 aromatic carbocycles. The normalized spacial score (nSPS) is 13.2. The van der Waals surface area contributed by atoms with Gasteiger partial charge in [-0.15, -0.1) is 0 Å². The minimum absolute atomic E-state index is 0.0771. The number of carbonyl (C=O) groups excluding carboxylic acids is 1. The summed E-state index contributed by atoms with van der Waals surface area (Å²) in [6, 6.07) is 6.71. The van der Waals surface area contributed by atoms with Gasteiger partial charge in [-0.3, -0.25) is 4.57 Å². The molecule has 1 amide bonds. The lowest BCUT2D eigenvalue weighted by Gasteiger charge is -2.17. The number of ether oxygens (including phenoxy) is 1. The van der Waals surface area contributed by atoms with Crippen LogP contribution < -0.4 is 15.4 Å². The van der Waals surface area contributed by atoms with Gasteiger partial charge in [0.15, 0.2) is 17.4 Å². The van der Waals surface area contributed by atoms with Crippen LogP contribution in [-0.4, -0.2) is 20.6 Å². The summed E-state index contributed by atoms with van der Waals surface area (Å²) in [4.78, 5) is 21.1. The summed E-state index contributed by atoms with van der Waals surface area (Å²) in [5, 5.41) is 5.48. The molecule has 0 spiro atoms. The van der Waals surface area contributed by atoms with Crippen molar-refractivity contribution < 1.29 is 27.1 Å². The predicted molar refractivity (Wildman–Crippen MR) is 120 cm³/mol. The highest BCUT2D eigenvalue weighted by Gasteiger charge is 2.33. The summed E-state index contributed by atoms with van der Waals surface area (Å²) < 4.78 is 64.7. The monoisotopic (exact) mass is 485 g/mol. The van der Waals surface area contributed by atoms with E-state index in [1.165, 1.54) is 49.8 Å². The lowest BCUT2D eigenvalue weighted by Crippen LogP contribution is -2.21. The summed E-state index contributed by atoms with van der Waals surface area (Å²) in [5.41, 5.74) is 0.468. The van der Waals surface area contributed by atoms with Crippen molar-refractivity contribution in [2.24, 2.45) is 0 Å². The zero-order valence-electron chi connectivity index (χ0n) is 18.4. The fourth-order valence-electron chi connectivity index (χ4n) is 3.95. The van der Waals surface area contributed by atoms with E-state index < -0.39 is 41.3 Å². The van der Waals surface area contributed by atoms with Crippen LogP contribution in [0.1, 0.15) is 30.2 Å². The summed E-state index contributed by atoms with van der Waals surface area (Å²) in [5.74, 6) is -5.19. The zero-order valence-corrected chi connectivity index (χ0v) is 18.4. The quantitative estimate of drug-likeness (QED) is 0.355. The summed E-state index contributed by atoms with van der Waals surface area (Å²) in [6.07, 6.45) is 2.03. The molecule has 1 aliphatic rings. The van der Waals surface area contributed by atoms with Gasteiger partial charge in [-0.05, 0) is 30.3 Å². The second-order valence-corrected chi connectivity index (χ2v) is 7.96. The maximum absolute atomic E-state index is 15.2. The fourth-order valence-corrected chi connectivity index (χ4v) is 3.95. The number of amides is 1. The molecule has 0 saturated carbocycles. The number of fused-ring (bicyclic) bond motifs is 2. The Morgan fingerprint density at radius 2 is 1.97 bits per heavy atom. The van der Waals surface area contributed by atoms with Gasteiger partial charge < -0.3 is 15.4 Å². The number of benzene rings is 2. The molecule has 35 heavy (non-hydrogen) atoms. The fraction of sp³-hybridized carbons (Fsp3) is 0.208. The standard InChI is InChI=1S/C24H19F4N5O2/c1-2-24(27,28)15-4-3-5-16(21(15)26)32-23(34)33-9-8-13-18(33)6-7-19(20(13)25)35-22-14-10-29-11-17(14)30-12-31-22/h3-9,12,29H,2,10-11H2,1H3,(H,32,34). The number of hydrogen-bond acceptors (Lipinski definition) is 5. The topological polar surface area (TPSA) is 81.1 Å². The molecule has 0 fully saturated rings. The van der Waals surface area contributed by atoms with Gasteiger partial charge in [-0.1, -0.05) is 13.0 Å². The zero-order chi connectivity index (χ0) is 24.7. The van der Waals surface area contributed by atoms with Crippen molar-refractivity contribution in [3.63, 3.8) is 0 Å². The molecule has 5 rings (SSSR count). The van der Waals surface area contributed by atoms with E-state index in [0.29, 0.717) is 13.1 Å². The van der Waals surface area contributed by atoms with Gasteiger partial charge in [0, 0.05) is 31.1 Å². The van der Waals surface area contributed by atoms with Crippen LogP contribution in [0, 0.1) is 11.6 Å². The first-order valence-corrected chi connectivity index (χ1v) is 10.8. The van der Waals surface area contributed by atoms with E-state index >= 15 is 4.39 Å². The van der Waals surface area contributed by atoms with Gasteiger partial charge in [0.25, 0.3) is 5.92 Å². The van der Waals surface area contributed by atoms with Crippen molar-refractivity contribution in [1.82, 2.24) is 19.9 Å². The number of halogens is 4. The van der Waals surface area contributed by atoms with E-state index in [1.807, 2.05) is 0 Å². The van der Waals surface area contributed by atoms with Crippen molar-refractivity contribution in [3.05, 3.63) is 77.4 Å². The molecule has 3 heterocycles. The molecule has 0 atom stereocenters. The molecule has 1 aliphatic heterocycles. The van der Waals surface area contributed by atoms with Crippen molar-refractivity contribution >= 4 is 22.6 Å². The number of aromatic nitrogens is 3. The average molecular weight is 485 g/mol. The van der Waals surface area contributed by atoms with Crippen molar-refractivity contribution in [2.75, 3.05) is 5.32 Å². The number of anilines is 1. The third-order valence-electron chi connectivity index (χ3n) is 5.86. The van der Waals surface area contributed by atoms with Crippen LogP contribution >= 0.6 is 0 Å². The van der Waals surface area contributed by atoms with Gasteiger partial charge in [-0.25, -0.2) is 32.3 Å². The molecule has 0 bridgehead atoms. The van der Waals surface area contributed by atoms with E-state index in [2.05, 4.69) is 20.6 Å². The number of carbonyl (C=O) groups is 1. The molecule has 0 saturated heterocycles. The highest BCUT2D eigenvalue weighted by molar-refractivity contribution is 5.99. The smallest absolute Gasteiger partial charge is 0.330 e. The maximum Gasteiger partial charge on any atom is 0.330 e. The SMILES string of the molecule is CCC(F)(F)c1cccc(NC(=O)n2ccc3c(F)c(Oc4ncnc5c4CNC5)ccc32)c1F. The molecule has 0 radical (unpaired) electrons. The van der Waals surface area contributed by atoms with Gasteiger partial charge in [0.05, 0.1) is 28.0 Å². The number of nitrogens with zero attached hydrogens (tertiary/aromatic N) is 3. The van der Waals surface area contributed by atoms with E-state index in [0.717, 1.165) is 21.9 Å². The predicted octanol–water partition coefficient (Wildman–Crippen LogP) is 5.69. The van der Waals surface area contributed by atoms with Gasteiger partial charge >= 0.3 is 6.03 Å². The van der Waals surface area contributed by atoms with Crippen LogP contribution in [0.5, 0.6) is 11.6 Å². The van der Waals surface area contributed by atoms with E-state index in [1.54, 1.807) is 0 Å². The summed E-state index contributed by atoms with van der Waals surface area (Å²) >= 11 is 0. The van der Waals surface area contributed by atoms with Crippen molar-refractivity contribution in [3.8, 4) is 11.6 Å². The van der Waals surface area contributed by atoms with Gasteiger partial charge in [0.2, 0.25) is 5.88 Å². The maximum atomic E-state index is 15.2. The number of alkyl halides is 2. The lowest BCUT2D eigenvalue weighted by atomic mass is 10.0. The first kappa shape index (κ1) is 22.8. The first-order chi connectivity index (χ1) is 16.8. The third kappa shape index (κ3) is 3.97. The summed E-state index contributed by atoms with van der Waals surface area (Å²) in [7, 11) is 0. The minimum atomic E-state index is -3.38. The Kier molecular flexibility index (Phi) is 5.64. The highest BCUT2D eigenvalue weighted by atomic mass is 19.3. The summed E-state index contributed by atoms with van der Waals surface area (Å²) in [6.45, 7) is 2.29. The van der Waals surface area contributed by atoms with E-state index in [9.17, 15) is 18.0 Å². The van der Waals surface area contributed by atoms with Crippen LogP contribution in [-0.2, 0) is 19.0 Å². The molecule has 0 aliphatic carbocycles. The van der Waals surface area contributed by atoms with Crippen LogP contribution in [0.15, 0.2) is 48.9 Å². The van der Waals surface area contributed by atoms with Crippen LogP contribution in [0.3, 0.4) is 0 Å². The molecular weight excluding hydrogens is 466 g/mol. The molecule has 2 N–H and O–H groups in total. The Morgan fingerprint density at radius 3 is 2.77 bits per heavy atom. The van der Waals surface area contributed by atoms with Crippen LogP contribution in [0.2, 0.25) is 0 Å². The molecule has 7 nitrogen and oxygen atoms in total. The third-order valence-corrected chi connectivity index (χ3v) is 5.86. The Morgan fingerprint density at radius 1 is 1.14 bits per heavy atom. The molecule has 11 heteroatoms. The van der Waals surface area contributed by atoms with E-state index in [4.69, 9.17) is 4.74 Å². The van der Waals surface area contributed by atoms with Crippen molar-refractivity contribution in [1.29, 1.82) is 0 Å².